The number of nitrogens with two attached hydrogens (primary N) is 1. The van der Waals surface area contributed by atoms with Crippen LogP contribution in [0.25, 0.3) is 10.9 Å². The molecule has 0 spiro atoms. The van der Waals surface area contributed by atoms with Gasteiger partial charge in [-0.15, -0.1) is 0 Å². The lowest BCUT2D eigenvalue weighted by Crippen LogP contribution is -2.28. The maximum atomic E-state index is 11.7. The SMILES string of the molecule is CCCN(CCO)c1cc2nc[nH]c(=O)c2cc1N. The van der Waals surface area contributed by atoms with Gasteiger partial charge < -0.3 is 20.7 Å². The average molecular weight is 262 g/mol. The fourth-order valence-electron chi connectivity index (χ4n) is 2.14. The van der Waals surface area contributed by atoms with Gasteiger partial charge in [-0.05, 0) is 18.6 Å². The van der Waals surface area contributed by atoms with Gasteiger partial charge in [0.15, 0.2) is 0 Å². The van der Waals surface area contributed by atoms with E-state index in [-0.39, 0.29) is 12.2 Å². The summed E-state index contributed by atoms with van der Waals surface area (Å²) in [6, 6.07) is 3.43. The molecule has 0 unspecified atom stereocenters. The van der Waals surface area contributed by atoms with E-state index in [2.05, 4.69) is 16.9 Å². The first-order chi connectivity index (χ1) is 9.17. The molecule has 0 aliphatic heterocycles. The maximum Gasteiger partial charge on any atom is 0.258 e. The lowest BCUT2D eigenvalue weighted by atomic mass is 10.1. The molecule has 6 heteroatoms. The Hall–Kier alpha value is -2.08. The summed E-state index contributed by atoms with van der Waals surface area (Å²) >= 11 is 0. The van der Waals surface area contributed by atoms with E-state index >= 15 is 0 Å². The number of aromatic amines is 1. The van der Waals surface area contributed by atoms with Crippen molar-refractivity contribution in [3.05, 3.63) is 28.8 Å². The molecule has 0 saturated heterocycles. The van der Waals surface area contributed by atoms with Crippen molar-refractivity contribution in [1.82, 2.24) is 9.97 Å². The van der Waals surface area contributed by atoms with Crippen molar-refractivity contribution in [1.29, 1.82) is 0 Å². The first kappa shape index (κ1) is 13.4. The second kappa shape index (κ2) is 5.71. The fraction of sp³-hybridized carbons (Fsp3) is 0.385. The standard InChI is InChI=1S/C13H18N4O2/c1-2-3-17(4-5-18)12-7-11-9(6-10(12)14)13(19)16-8-15-11/h6-8,18H,2-5,14H2,1H3,(H,15,16,19). The molecule has 0 saturated carbocycles. The molecule has 4 N–H and O–H groups in total. The molecule has 0 bridgehead atoms. The van der Waals surface area contributed by atoms with Crippen LogP contribution in [0.5, 0.6) is 0 Å². The smallest absolute Gasteiger partial charge is 0.258 e. The van der Waals surface area contributed by atoms with Crippen LogP contribution in [-0.4, -0.2) is 34.8 Å². The van der Waals surface area contributed by atoms with E-state index < -0.39 is 0 Å². The minimum absolute atomic E-state index is 0.0558. The third-order valence-electron chi connectivity index (χ3n) is 2.99. The predicted octanol–water partition coefficient (Wildman–Crippen LogP) is 0.714. The Morgan fingerprint density at radius 1 is 1.42 bits per heavy atom. The first-order valence-electron chi connectivity index (χ1n) is 6.30. The number of H-pyrrole nitrogens is 1. The van der Waals surface area contributed by atoms with E-state index in [1.54, 1.807) is 12.1 Å². The summed E-state index contributed by atoms with van der Waals surface area (Å²) in [5.74, 6) is 0. The van der Waals surface area contributed by atoms with Crippen LogP contribution >= 0.6 is 0 Å². The largest absolute Gasteiger partial charge is 0.397 e. The number of aromatic nitrogens is 2. The zero-order valence-electron chi connectivity index (χ0n) is 10.9. The minimum Gasteiger partial charge on any atom is -0.397 e. The van der Waals surface area contributed by atoms with Gasteiger partial charge in [0.05, 0.1) is 35.2 Å². The van der Waals surface area contributed by atoms with Crippen molar-refractivity contribution in [2.75, 3.05) is 30.3 Å². The number of aliphatic hydroxyl groups is 1. The summed E-state index contributed by atoms with van der Waals surface area (Å²) in [6.45, 7) is 3.41. The topological polar surface area (TPSA) is 95.2 Å². The summed E-state index contributed by atoms with van der Waals surface area (Å²) in [4.78, 5) is 20.3. The molecular formula is C13H18N4O2. The zero-order valence-corrected chi connectivity index (χ0v) is 10.9. The molecule has 1 heterocycles. The van der Waals surface area contributed by atoms with Crippen LogP contribution in [0.15, 0.2) is 23.3 Å². The molecule has 0 fully saturated rings. The molecule has 2 rings (SSSR count). The Morgan fingerprint density at radius 3 is 2.89 bits per heavy atom. The highest BCUT2D eigenvalue weighted by Gasteiger charge is 2.11. The summed E-state index contributed by atoms with van der Waals surface area (Å²) in [6.07, 6.45) is 2.32. The molecule has 2 aromatic rings. The maximum absolute atomic E-state index is 11.7. The molecular weight excluding hydrogens is 244 g/mol. The minimum atomic E-state index is -0.201. The predicted molar refractivity (Wildman–Crippen MR) is 76.4 cm³/mol. The van der Waals surface area contributed by atoms with Crippen LogP contribution in [0, 0.1) is 0 Å². The number of nitrogens with zero attached hydrogens (tertiary/aromatic N) is 2. The second-order valence-corrected chi connectivity index (χ2v) is 4.37. The van der Waals surface area contributed by atoms with Crippen LogP contribution in [0.1, 0.15) is 13.3 Å². The summed E-state index contributed by atoms with van der Waals surface area (Å²) in [7, 11) is 0. The molecule has 19 heavy (non-hydrogen) atoms. The van der Waals surface area contributed by atoms with Crippen molar-refractivity contribution in [2.24, 2.45) is 0 Å². The van der Waals surface area contributed by atoms with Crippen molar-refractivity contribution < 1.29 is 5.11 Å². The van der Waals surface area contributed by atoms with E-state index in [4.69, 9.17) is 10.8 Å². The molecule has 1 aromatic heterocycles. The number of anilines is 2. The van der Waals surface area contributed by atoms with Gasteiger partial charge in [0.1, 0.15) is 0 Å². The van der Waals surface area contributed by atoms with Gasteiger partial charge in [-0.1, -0.05) is 6.92 Å². The quantitative estimate of drug-likeness (QED) is 0.690. The molecule has 0 aliphatic carbocycles. The van der Waals surface area contributed by atoms with Crippen molar-refractivity contribution in [3.63, 3.8) is 0 Å². The van der Waals surface area contributed by atoms with Gasteiger partial charge >= 0.3 is 0 Å². The number of hydrogen-bond donors (Lipinski definition) is 3. The van der Waals surface area contributed by atoms with Crippen molar-refractivity contribution in [3.8, 4) is 0 Å². The highest BCUT2D eigenvalue weighted by Crippen LogP contribution is 2.26. The molecule has 0 radical (unpaired) electrons. The van der Waals surface area contributed by atoms with Crippen LogP contribution in [0.4, 0.5) is 11.4 Å². The van der Waals surface area contributed by atoms with Crippen LogP contribution < -0.4 is 16.2 Å². The van der Waals surface area contributed by atoms with Gasteiger partial charge in [0.2, 0.25) is 0 Å². The summed E-state index contributed by atoms with van der Waals surface area (Å²) in [5.41, 5.74) is 7.74. The lowest BCUT2D eigenvalue weighted by molar-refractivity contribution is 0.302. The normalized spacial score (nSPS) is 10.8. The fourth-order valence-corrected chi connectivity index (χ4v) is 2.14. The van der Waals surface area contributed by atoms with Crippen LogP contribution in [0.3, 0.4) is 0 Å². The number of nitrogens with one attached hydrogen (secondary N) is 1. The van der Waals surface area contributed by atoms with Gasteiger partial charge in [0, 0.05) is 13.1 Å². The van der Waals surface area contributed by atoms with Gasteiger partial charge in [-0.25, -0.2) is 4.98 Å². The monoisotopic (exact) mass is 262 g/mol. The highest BCUT2D eigenvalue weighted by atomic mass is 16.3. The van der Waals surface area contributed by atoms with Crippen LogP contribution in [0.2, 0.25) is 0 Å². The van der Waals surface area contributed by atoms with Gasteiger partial charge in [-0.3, -0.25) is 4.79 Å². The third-order valence-corrected chi connectivity index (χ3v) is 2.99. The highest BCUT2D eigenvalue weighted by molar-refractivity contribution is 5.88. The number of hydrogen-bond acceptors (Lipinski definition) is 5. The van der Waals surface area contributed by atoms with E-state index in [1.165, 1.54) is 6.33 Å². The van der Waals surface area contributed by atoms with E-state index in [9.17, 15) is 4.79 Å². The molecule has 102 valence electrons. The number of aliphatic hydroxyl groups excluding tert-OH is 1. The van der Waals surface area contributed by atoms with Crippen molar-refractivity contribution >= 4 is 22.3 Å². The number of benzene rings is 1. The number of fused-ring (bicyclic) bond motifs is 1. The first-order valence-corrected chi connectivity index (χ1v) is 6.30. The molecule has 1 aromatic carbocycles. The van der Waals surface area contributed by atoms with E-state index in [1.807, 2.05) is 4.90 Å². The number of rotatable bonds is 5. The lowest BCUT2D eigenvalue weighted by Gasteiger charge is -2.25. The number of nitrogen functional groups attached to an aromatic ring is 1. The summed E-state index contributed by atoms with van der Waals surface area (Å²) in [5, 5.41) is 9.60. The molecule has 0 amide bonds. The van der Waals surface area contributed by atoms with Crippen LogP contribution in [-0.2, 0) is 0 Å². The molecule has 6 nitrogen and oxygen atoms in total. The Labute approximate surface area is 110 Å². The Kier molecular flexibility index (Phi) is 4.01. The zero-order chi connectivity index (χ0) is 13.8. The third kappa shape index (κ3) is 2.68. The average Bonchev–Trinajstić information content (AvgIpc) is 2.39. The Balaban J connectivity index is 2.53. The van der Waals surface area contributed by atoms with Crippen molar-refractivity contribution in [2.45, 2.75) is 13.3 Å². The molecule has 0 atom stereocenters. The summed E-state index contributed by atoms with van der Waals surface area (Å²) < 4.78 is 0. The Morgan fingerprint density at radius 2 is 2.21 bits per heavy atom. The van der Waals surface area contributed by atoms with E-state index in [0.29, 0.717) is 23.1 Å². The Bertz CT molecular complexity index is 618. The van der Waals surface area contributed by atoms with Gasteiger partial charge in [-0.2, -0.15) is 0 Å². The van der Waals surface area contributed by atoms with E-state index in [0.717, 1.165) is 18.7 Å². The second-order valence-electron chi connectivity index (χ2n) is 4.37. The van der Waals surface area contributed by atoms with Gasteiger partial charge in [0.25, 0.3) is 5.56 Å². The molecule has 0 aliphatic rings.